The van der Waals surface area contributed by atoms with E-state index in [1.807, 2.05) is 11.9 Å². The Labute approximate surface area is 254 Å². The number of aromatic nitrogens is 1. The van der Waals surface area contributed by atoms with Crippen molar-refractivity contribution in [1.29, 1.82) is 0 Å². The fraction of sp³-hybridized carbons (Fsp3) is 0.516. The van der Waals surface area contributed by atoms with Crippen molar-refractivity contribution in [2.75, 3.05) is 53.3 Å². The Hall–Kier alpha value is -3.61. The van der Waals surface area contributed by atoms with Gasteiger partial charge < -0.3 is 34.0 Å². The van der Waals surface area contributed by atoms with Crippen LogP contribution in [0, 0.1) is 0 Å². The van der Waals surface area contributed by atoms with Crippen LogP contribution >= 0.6 is 0 Å². The quantitative estimate of drug-likeness (QED) is 0.334. The van der Waals surface area contributed by atoms with Crippen LogP contribution < -0.4 is 0 Å². The third-order valence-electron chi connectivity index (χ3n) is 7.16. The average molecular weight is 613 g/mol. The Morgan fingerprint density at radius 2 is 1.74 bits per heavy atom. The molecule has 2 aromatic rings. The summed E-state index contributed by atoms with van der Waals surface area (Å²) in [6, 6.07) is 7.89. The molecule has 0 saturated carbocycles. The van der Waals surface area contributed by atoms with Crippen LogP contribution in [0.2, 0.25) is 25.7 Å². The lowest BCUT2D eigenvalue weighted by atomic mass is 10.1. The van der Waals surface area contributed by atoms with Crippen LogP contribution in [0.4, 0.5) is 4.79 Å². The molecule has 0 radical (unpaired) electrons. The van der Waals surface area contributed by atoms with E-state index in [9.17, 15) is 19.5 Å². The third-order valence-corrected chi connectivity index (χ3v) is 8.87. The summed E-state index contributed by atoms with van der Waals surface area (Å²) in [6.45, 7) is 15.7. The molecule has 4 rings (SSSR count). The molecule has 3 heterocycles. The van der Waals surface area contributed by atoms with Crippen LogP contribution in [0.25, 0.3) is 16.7 Å². The smallest absolute Gasteiger partial charge is 0.419 e. The van der Waals surface area contributed by atoms with E-state index in [1.165, 1.54) is 16.8 Å². The lowest BCUT2D eigenvalue weighted by Gasteiger charge is -2.32. The minimum absolute atomic E-state index is 0.0124. The number of carbonyl (C=O) groups excluding carboxylic acids is 2. The number of carboxylic acid groups (broad SMARTS) is 1. The maximum Gasteiger partial charge on any atom is 0.419 e. The van der Waals surface area contributed by atoms with Crippen LogP contribution in [-0.4, -0.2) is 109 Å². The van der Waals surface area contributed by atoms with Gasteiger partial charge in [0.1, 0.15) is 18.1 Å². The van der Waals surface area contributed by atoms with Crippen LogP contribution in [0.15, 0.2) is 42.1 Å². The fourth-order valence-corrected chi connectivity index (χ4v) is 5.49. The van der Waals surface area contributed by atoms with Crippen molar-refractivity contribution >= 4 is 42.7 Å². The summed E-state index contributed by atoms with van der Waals surface area (Å²) < 4.78 is 19.0. The molecule has 0 spiro atoms. The highest BCUT2D eigenvalue weighted by molar-refractivity contribution is 6.76. The second-order valence-corrected chi connectivity index (χ2v) is 18.9. The number of rotatable bonds is 8. The number of carboxylic acids is 1. The summed E-state index contributed by atoms with van der Waals surface area (Å²) in [7, 11) is 0.750. The number of nitrogens with zero attached hydrogens (tertiary/aromatic N) is 4. The standard InChI is InChI=1S/C31H44N4O7Si/c1-31(2,3)42-30(39)35-25-9-8-22(28(36)34-12-10-32(4)11-13-34)16-23(25)17-26(35)27-18-24(29(37)38)19-33(21-41-27)20-40-14-15-43(5,6)7/h8-9,16-19H,10-15,20-21H2,1-7H3,(H,37,38). The molecular weight excluding hydrogens is 568 g/mol. The maximum absolute atomic E-state index is 13.5. The van der Waals surface area contributed by atoms with E-state index in [0.29, 0.717) is 41.9 Å². The summed E-state index contributed by atoms with van der Waals surface area (Å²) in [6.07, 6.45) is 2.24. The van der Waals surface area contributed by atoms with E-state index < -0.39 is 25.7 Å². The number of piperazine rings is 1. The molecule has 43 heavy (non-hydrogen) atoms. The Morgan fingerprint density at radius 3 is 2.37 bits per heavy atom. The predicted molar refractivity (Wildman–Crippen MR) is 167 cm³/mol. The molecule has 0 bridgehead atoms. The van der Waals surface area contributed by atoms with Crippen LogP contribution in [0.5, 0.6) is 0 Å². The Kier molecular flexibility index (Phi) is 9.72. The molecule has 0 atom stereocenters. The highest BCUT2D eigenvalue weighted by atomic mass is 28.3. The van der Waals surface area contributed by atoms with E-state index in [0.717, 1.165) is 19.1 Å². The SMILES string of the molecule is CN1CCN(C(=O)c2ccc3c(c2)cc(C2=CC(C(=O)O)=CN(COCC[Si](C)(C)C)CO2)n3C(=O)OC(C)(C)C)CC1. The van der Waals surface area contributed by atoms with Crippen LogP contribution in [0.3, 0.4) is 0 Å². The van der Waals surface area contributed by atoms with Crippen molar-refractivity contribution in [2.45, 2.75) is 52.1 Å². The van der Waals surface area contributed by atoms with E-state index in [4.69, 9.17) is 14.2 Å². The van der Waals surface area contributed by atoms with Gasteiger partial charge in [-0.05, 0) is 64.2 Å². The summed E-state index contributed by atoms with van der Waals surface area (Å²) >= 11 is 0. The maximum atomic E-state index is 13.5. The fourth-order valence-electron chi connectivity index (χ4n) is 4.73. The summed E-state index contributed by atoms with van der Waals surface area (Å²) in [5, 5.41) is 10.6. The highest BCUT2D eigenvalue weighted by Gasteiger charge is 2.28. The van der Waals surface area contributed by atoms with Crippen molar-refractivity contribution < 1.29 is 33.7 Å². The molecule has 1 saturated heterocycles. The normalized spacial score (nSPS) is 16.8. The number of ether oxygens (including phenoxy) is 3. The van der Waals surface area contributed by atoms with Crippen LogP contribution in [-0.2, 0) is 19.0 Å². The van der Waals surface area contributed by atoms with Gasteiger partial charge in [-0.25, -0.2) is 14.2 Å². The average Bonchev–Trinajstić information content (AvgIpc) is 3.15. The van der Waals surface area contributed by atoms with Gasteiger partial charge in [-0.15, -0.1) is 0 Å². The molecule has 11 nitrogen and oxygen atoms in total. The largest absolute Gasteiger partial charge is 0.478 e. The van der Waals surface area contributed by atoms with Crippen molar-refractivity contribution in [3.05, 3.63) is 53.4 Å². The minimum atomic E-state index is -1.28. The van der Waals surface area contributed by atoms with Crippen molar-refractivity contribution in [3.63, 3.8) is 0 Å². The molecule has 2 aliphatic heterocycles. The van der Waals surface area contributed by atoms with Gasteiger partial charge in [0, 0.05) is 58.0 Å². The molecule has 1 fully saturated rings. The molecule has 1 aromatic carbocycles. The van der Waals surface area contributed by atoms with Gasteiger partial charge in [-0.1, -0.05) is 19.6 Å². The second-order valence-electron chi connectivity index (χ2n) is 13.3. The van der Waals surface area contributed by atoms with Gasteiger partial charge in [0.25, 0.3) is 5.91 Å². The Morgan fingerprint density at radius 1 is 1.05 bits per heavy atom. The summed E-state index contributed by atoms with van der Waals surface area (Å²) in [5.41, 5.74) is 0.543. The second kappa shape index (κ2) is 12.9. The third kappa shape index (κ3) is 8.49. The van der Waals surface area contributed by atoms with Gasteiger partial charge in [-0.2, -0.15) is 0 Å². The van der Waals surface area contributed by atoms with E-state index in [2.05, 4.69) is 24.5 Å². The van der Waals surface area contributed by atoms with Gasteiger partial charge in [-0.3, -0.25) is 4.79 Å². The zero-order chi connectivity index (χ0) is 31.5. The Balaban J connectivity index is 1.67. The number of amides is 1. The molecule has 2 aliphatic rings. The molecule has 1 N–H and O–H groups in total. The van der Waals surface area contributed by atoms with Crippen LogP contribution in [0.1, 0.15) is 36.8 Å². The molecule has 12 heteroatoms. The first-order valence-corrected chi connectivity index (χ1v) is 18.3. The number of likely N-dealkylation sites (N-methyl/N-ethyl adjacent to an activating group) is 1. The first kappa shape index (κ1) is 32.3. The summed E-state index contributed by atoms with van der Waals surface area (Å²) in [4.78, 5) is 44.7. The first-order chi connectivity index (χ1) is 20.1. The van der Waals surface area contributed by atoms with E-state index in [1.54, 1.807) is 49.9 Å². The minimum Gasteiger partial charge on any atom is -0.478 e. The molecular formula is C31H44N4O7Si. The lowest BCUT2D eigenvalue weighted by Crippen LogP contribution is -2.47. The number of fused-ring (bicyclic) bond motifs is 1. The predicted octanol–water partition coefficient (Wildman–Crippen LogP) is 4.72. The zero-order valence-corrected chi connectivity index (χ0v) is 27.3. The van der Waals surface area contributed by atoms with E-state index >= 15 is 0 Å². The molecule has 0 unspecified atom stereocenters. The van der Waals surface area contributed by atoms with Crippen molar-refractivity contribution in [3.8, 4) is 0 Å². The monoisotopic (exact) mass is 612 g/mol. The lowest BCUT2D eigenvalue weighted by molar-refractivity contribution is -0.132. The number of benzene rings is 1. The molecule has 0 aliphatic carbocycles. The van der Waals surface area contributed by atoms with Gasteiger partial charge in [0.05, 0.1) is 16.8 Å². The van der Waals surface area contributed by atoms with Crippen molar-refractivity contribution in [2.24, 2.45) is 0 Å². The molecule has 1 aromatic heterocycles. The number of hydrogen-bond acceptors (Lipinski definition) is 8. The number of carbonyl (C=O) groups is 3. The molecule has 234 valence electrons. The van der Waals surface area contributed by atoms with E-state index in [-0.39, 0.29) is 30.7 Å². The Bertz CT molecular complexity index is 1430. The zero-order valence-electron chi connectivity index (χ0n) is 26.3. The molecule has 1 amide bonds. The van der Waals surface area contributed by atoms with Gasteiger partial charge >= 0.3 is 12.1 Å². The topological polar surface area (TPSA) is 114 Å². The van der Waals surface area contributed by atoms with Gasteiger partial charge in [0.2, 0.25) is 0 Å². The van der Waals surface area contributed by atoms with Crippen molar-refractivity contribution in [1.82, 2.24) is 19.3 Å². The highest BCUT2D eigenvalue weighted by Crippen LogP contribution is 2.31. The summed E-state index contributed by atoms with van der Waals surface area (Å²) in [5.74, 6) is -1.03. The number of hydrogen-bond donors (Lipinski definition) is 1. The first-order valence-electron chi connectivity index (χ1n) is 14.6. The number of aliphatic carboxylic acids is 1. The van der Waals surface area contributed by atoms with Gasteiger partial charge in [0.15, 0.2) is 6.73 Å².